The predicted octanol–water partition coefficient (Wildman–Crippen LogP) is 4.42. The summed E-state index contributed by atoms with van der Waals surface area (Å²) in [7, 11) is 0. The van der Waals surface area contributed by atoms with Gasteiger partial charge in [-0.15, -0.1) is 0 Å². The lowest BCUT2D eigenvalue weighted by Crippen LogP contribution is -2.39. The third kappa shape index (κ3) is 4.72. The Kier molecular flexibility index (Phi) is 5.85. The van der Waals surface area contributed by atoms with Crippen LogP contribution in [0, 0.1) is 6.92 Å². The Morgan fingerprint density at radius 3 is 2.48 bits per heavy atom. The summed E-state index contributed by atoms with van der Waals surface area (Å²) in [6.07, 6.45) is 5.30. The first-order valence-corrected chi connectivity index (χ1v) is 11.4. The van der Waals surface area contributed by atoms with Crippen LogP contribution in [0.4, 0.5) is 11.8 Å². The molecule has 2 aliphatic rings. The van der Waals surface area contributed by atoms with Crippen molar-refractivity contribution in [2.75, 3.05) is 29.9 Å². The average molecular weight is 414 g/mol. The summed E-state index contributed by atoms with van der Waals surface area (Å²) in [6.45, 7) is 7.23. The molecule has 160 valence electrons. The van der Waals surface area contributed by atoms with Gasteiger partial charge >= 0.3 is 0 Å². The van der Waals surface area contributed by atoms with Gasteiger partial charge in [0, 0.05) is 50.5 Å². The van der Waals surface area contributed by atoms with E-state index in [9.17, 15) is 0 Å². The van der Waals surface area contributed by atoms with Gasteiger partial charge < -0.3 is 10.2 Å². The molecule has 1 fully saturated rings. The number of nitrogens with zero attached hydrogens (tertiary/aromatic N) is 4. The maximum atomic E-state index is 4.94. The third-order valence-electron chi connectivity index (χ3n) is 6.55. The Morgan fingerprint density at radius 2 is 1.68 bits per heavy atom. The second-order valence-electron chi connectivity index (χ2n) is 8.82. The molecule has 2 aliphatic heterocycles. The molecule has 31 heavy (non-hydrogen) atoms. The van der Waals surface area contributed by atoms with Crippen molar-refractivity contribution in [2.24, 2.45) is 0 Å². The summed E-state index contributed by atoms with van der Waals surface area (Å²) in [4.78, 5) is 14.4. The fourth-order valence-corrected chi connectivity index (χ4v) is 4.67. The summed E-state index contributed by atoms with van der Waals surface area (Å²) >= 11 is 0. The highest BCUT2D eigenvalue weighted by molar-refractivity contribution is 5.49. The molecule has 1 aromatic heterocycles. The summed E-state index contributed by atoms with van der Waals surface area (Å²) < 4.78 is 0. The second-order valence-corrected chi connectivity index (χ2v) is 8.82. The molecule has 2 aromatic carbocycles. The highest BCUT2D eigenvalue weighted by atomic mass is 15.3. The van der Waals surface area contributed by atoms with Gasteiger partial charge in [-0.25, -0.2) is 4.98 Å². The number of nitrogens with one attached hydrogen (secondary N) is 1. The van der Waals surface area contributed by atoms with Crippen molar-refractivity contribution < 1.29 is 0 Å². The number of aryl methyl sites for hydroxylation is 1. The first kappa shape index (κ1) is 20.0. The summed E-state index contributed by atoms with van der Waals surface area (Å²) in [5.41, 5.74) is 5.35. The van der Waals surface area contributed by atoms with Crippen molar-refractivity contribution in [1.29, 1.82) is 0 Å². The number of likely N-dealkylation sites (tertiary alicyclic amines) is 1. The largest absolute Gasteiger partial charge is 0.367 e. The normalized spacial score (nSPS) is 17.4. The zero-order valence-electron chi connectivity index (χ0n) is 18.3. The Hall–Kier alpha value is -2.92. The minimum absolute atomic E-state index is 0.468. The van der Waals surface area contributed by atoms with Crippen LogP contribution in [0.5, 0.6) is 0 Å². The molecule has 0 atom stereocenters. The highest BCUT2D eigenvalue weighted by Crippen LogP contribution is 2.25. The van der Waals surface area contributed by atoms with Gasteiger partial charge in [0.25, 0.3) is 0 Å². The van der Waals surface area contributed by atoms with E-state index in [2.05, 4.69) is 81.6 Å². The SMILES string of the molecule is Cc1cnc(N2CCc3ccccc3C2)nc1NC1CCN(Cc2ccccc2)CC1. The van der Waals surface area contributed by atoms with Gasteiger partial charge in [0.15, 0.2) is 0 Å². The molecule has 0 radical (unpaired) electrons. The Morgan fingerprint density at radius 1 is 0.935 bits per heavy atom. The molecule has 0 spiro atoms. The lowest BCUT2D eigenvalue weighted by Gasteiger charge is -2.33. The first-order chi connectivity index (χ1) is 15.2. The molecule has 0 unspecified atom stereocenters. The van der Waals surface area contributed by atoms with E-state index in [1.165, 1.54) is 16.7 Å². The van der Waals surface area contributed by atoms with Crippen LogP contribution in [-0.4, -0.2) is 40.5 Å². The van der Waals surface area contributed by atoms with E-state index in [4.69, 9.17) is 4.98 Å². The molecule has 0 bridgehead atoms. The number of hydrogen-bond donors (Lipinski definition) is 1. The zero-order chi connectivity index (χ0) is 21.0. The molecule has 1 N–H and O–H groups in total. The van der Waals surface area contributed by atoms with E-state index in [1.54, 1.807) is 0 Å². The van der Waals surface area contributed by atoms with Gasteiger partial charge in [-0.1, -0.05) is 54.6 Å². The van der Waals surface area contributed by atoms with E-state index in [-0.39, 0.29) is 0 Å². The Bertz CT molecular complexity index is 1010. The van der Waals surface area contributed by atoms with Gasteiger partial charge in [0.1, 0.15) is 5.82 Å². The van der Waals surface area contributed by atoms with Gasteiger partial charge in [0.05, 0.1) is 0 Å². The van der Waals surface area contributed by atoms with E-state index >= 15 is 0 Å². The highest BCUT2D eigenvalue weighted by Gasteiger charge is 2.22. The molecule has 5 rings (SSSR count). The second kappa shape index (κ2) is 9.06. The lowest BCUT2D eigenvalue weighted by molar-refractivity contribution is 0.211. The monoisotopic (exact) mass is 413 g/mol. The van der Waals surface area contributed by atoms with Crippen molar-refractivity contribution in [3.8, 4) is 0 Å². The van der Waals surface area contributed by atoms with Gasteiger partial charge in [-0.2, -0.15) is 4.98 Å². The number of hydrogen-bond acceptors (Lipinski definition) is 5. The fourth-order valence-electron chi connectivity index (χ4n) is 4.67. The van der Waals surface area contributed by atoms with E-state index in [1.807, 2.05) is 6.20 Å². The maximum Gasteiger partial charge on any atom is 0.227 e. The molecule has 0 amide bonds. The summed E-state index contributed by atoms with van der Waals surface area (Å²) in [5, 5.41) is 3.73. The van der Waals surface area contributed by atoms with Crippen LogP contribution in [-0.2, 0) is 19.5 Å². The molecular formula is C26H31N5. The number of rotatable bonds is 5. The number of piperidine rings is 1. The molecule has 0 saturated carbocycles. The number of benzene rings is 2. The maximum absolute atomic E-state index is 4.94. The van der Waals surface area contributed by atoms with Crippen LogP contribution in [0.1, 0.15) is 35.1 Å². The van der Waals surface area contributed by atoms with Gasteiger partial charge in [0.2, 0.25) is 5.95 Å². The van der Waals surface area contributed by atoms with E-state index in [0.717, 1.165) is 69.3 Å². The standard InChI is InChI=1S/C26H31N5/c1-20-17-27-26(31-16-11-22-9-5-6-10-23(22)19-31)29-25(20)28-24-12-14-30(15-13-24)18-21-7-3-2-4-8-21/h2-10,17,24H,11-16,18-19H2,1H3,(H,27,28,29). The minimum atomic E-state index is 0.468. The van der Waals surface area contributed by atoms with E-state index < -0.39 is 0 Å². The molecule has 5 heteroatoms. The zero-order valence-corrected chi connectivity index (χ0v) is 18.3. The van der Waals surface area contributed by atoms with Crippen LogP contribution in [0.2, 0.25) is 0 Å². The van der Waals surface area contributed by atoms with Gasteiger partial charge in [-0.3, -0.25) is 4.90 Å². The summed E-state index contributed by atoms with van der Waals surface area (Å²) in [5.74, 6) is 1.83. The van der Waals surface area contributed by atoms with Crippen LogP contribution >= 0.6 is 0 Å². The quantitative estimate of drug-likeness (QED) is 0.671. The molecule has 3 heterocycles. The van der Waals surface area contributed by atoms with Crippen molar-refractivity contribution >= 4 is 11.8 Å². The van der Waals surface area contributed by atoms with Crippen LogP contribution in [0.25, 0.3) is 0 Å². The molecule has 1 saturated heterocycles. The van der Waals surface area contributed by atoms with Crippen molar-refractivity contribution in [2.45, 2.75) is 45.3 Å². The minimum Gasteiger partial charge on any atom is -0.367 e. The van der Waals surface area contributed by atoms with Gasteiger partial charge in [-0.05, 0) is 42.9 Å². The predicted molar refractivity (Wildman–Crippen MR) is 126 cm³/mol. The number of anilines is 2. The van der Waals surface area contributed by atoms with Crippen molar-refractivity contribution in [3.05, 3.63) is 83.0 Å². The number of aromatic nitrogens is 2. The molecular weight excluding hydrogens is 382 g/mol. The third-order valence-corrected chi connectivity index (χ3v) is 6.55. The van der Waals surface area contributed by atoms with E-state index in [0.29, 0.717) is 6.04 Å². The first-order valence-electron chi connectivity index (χ1n) is 11.4. The average Bonchev–Trinajstić information content (AvgIpc) is 2.82. The molecule has 5 nitrogen and oxygen atoms in total. The Labute approximate surface area is 185 Å². The lowest BCUT2D eigenvalue weighted by atomic mass is 10.0. The van der Waals surface area contributed by atoms with Crippen LogP contribution < -0.4 is 10.2 Å². The molecule has 3 aromatic rings. The number of fused-ring (bicyclic) bond motifs is 1. The van der Waals surface area contributed by atoms with Crippen LogP contribution in [0.3, 0.4) is 0 Å². The Balaban J connectivity index is 1.21. The smallest absolute Gasteiger partial charge is 0.227 e. The molecule has 0 aliphatic carbocycles. The topological polar surface area (TPSA) is 44.3 Å². The van der Waals surface area contributed by atoms with Crippen molar-refractivity contribution in [1.82, 2.24) is 14.9 Å². The van der Waals surface area contributed by atoms with Crippen molar-refractivity contribution in [3.63, 3.8) is 0 Å². The summed E-state index contributed by atoms with van der Waals surface area (Å²) in [6, 6.07) is 19.9. The van der Waals surface area contributed by atoms with Crippen LogP contribution in [0.15, 0.2) is 60.8 Å². The fraction of sp³-hybridized carbons (Fsp3) is 0.385.